The minimum absolute atomic E-state index is 0.119. The average molecular weight is 318 g/mol. The zero-order chi connectivity index (χ0) is 15.5. The van der Waals surface area contributed by atoms with E-state index in [1.807, 2.05) is 31.2 Å². The molecule has 7 nitrogen and oxygen atoms in total. The molecule has 3 rings (SSSR count). The van der Waals surface area contributed by atoms with Crippen molar-refractivity contribution < 1.29 is 14.6 Å². The van der Waals surface area contributed by atoms with E-state index in [2.05, 4.69) is 20.5 Å². The first kappa shape index (κ1) is 14.6. The molecule has 0 saturated heterocycles. The number of anilines is 1. The van der Waals surface area contributed by atoms with Crippen molar-refractivity contribution in [2.24, 2.45) is 0 Å². The third-order valence-corrected chi connectivity index (χ3v) is 3.91. The highest BCUT2D eigenvalue weighted by Crippen LogP contribution is 2.36. The zero-order valence-corrected chi connectivity index (χ0v) is 12.6. The van der Waals surface area contributed by atoms with Crippen LogP contribution in [-0.2, 0) is 4.79 Å². The van der Waals surface area contributed by atoms with E-state index in [-0.39, 0.29) is 17.1 Å². The van der Waals surface area contributed by atoms with Crippen LogP contribution in [0, 0.1) is 0 Å². The van der Waals surface area contributed by atoms with Crippen LogP contribution in [0.15, 0.2) is 29.4 Å². The van der Waals surface area contributed by atoms with E-state index >= 15 is 0 Å². The number of hydrogen-bond acceptors (Lipinski definition) is 7. The number of carbonyl (C=O) groups is 1. The van der Waals surface area contributed by atoms with E-state index < -0.39 is 5.97 Å². The van der Waals surface area contributed by atoms with Crippen molar-refractivity contribution in [1.29, 1.82) is 0 Å². The molecule has 0 spiro atoms. The summed E-state index contributed by atoms with van der Waals surface area (Å²) in [5, 5.41) is 20.5. The third-order valence-electron chi connectivity index (χ3n) is 3.08. The van der Waals surface area contributed by atoms with Crippen molar-refractivity contribution >= 4 is 23.4 Å². The van der Waals surface area contributed by atoms with Gasteiger partial charge in [-0.1, -0.05) is 36.9 Å². The van der Waals surface area contributed by atoms with Gasteiger partial charge in [0.25, 0.3) is 0 Å². The second kappa shape index (κ2) is 6.18. The fourth-order valence-corrected chi connectivity index (χ4v) is 2.57. The summed E-state index contributed by atoms with van der Waals surface area (Å²) in [5.41, 5.74) is 2.33. The van der Waals surface area contributed by atoms with Crippen molar-refractivity contribution in [3.05, 3.63) is 24.3 Å². The number of benzene rings is 1. The molecule has 1 aliphatic rings. The Labute approximate surface area is 131 Å². The molecule has 0 bridgehead atoms. The fraction of sp³-hybridized carbons (Fsp3) is 0.286. The Bertz CT molecular complexity index is 710. The maximum absolute atomic E-state index is 10.6. The molecule has 0 aliphatic carbocycles. The molecule has 1 atom stereocenters. The molecule has 1 unspecified atom stereocenters. The van der Waals surface area contributed by atoms with Gasteiger partial charge in [-0.25, -0.2) is 0 Å². The van der Waals surface area contributed by atoms with Gasteiger partial charge in [0.15, 0.2) is 11.9 Å². The van der Waals surface area contributed by atoms with E-state index in [9.17, 15) is 4.79 Å². The summed E-state index contributed by atoms with van der Waals surface area (Å²) in [6, 6.07) is 7.71. The van der Waals surface area contributed by atoms with Crippen molar-refractivity contribution in [2.45, 2.75) is 24.7 Å². The molecule has 0 radical (unpaired) electrons. The molecule has 1 aliphatic heterocycles. The van der Waals surface area contributed by atoms with Crippen LogP contribution in [-0.4, -0.2) is 38.2 Å². The summed E-state index contributed by atoms with van der Waals surface area (Å²) in [4.78, 5) is 14.9. The van der Waals surface area contributed by atoms with Crippen LogP contribution >= 0.6 is 11.8 Å². The Balaban J connectivity index is 2.01. The van der Waals surface area contributed by atoms with Gasteiger partial charge in [-0.2, -0.15) is 4.98 Å². The zero-order valence-electron chi connectivity index (χ0n) is 11.8. The van der Waals surface area contributed by atoms with Crippen LogP contribution in [0.5, 0.6) is 5.88 Å². The Kier molecular flexibility index (Phi) is 4.10. The second-order valence-corrected chi connectivity index (χ2v) is 5.58. The lowest BCUT2D eigenvalue weighted by atomic mass is 10.1. The van der Waals surface area contributed by atoms with E-state index in [0.717, 1.165) is 29.4 Å². The minimum Gasteiger partial charge on any atom is -0.481 e. The van der Waals surface area contributed by atoms with E-state index in [1.54, 1.807) is 0 Å². The van der Waals surface area contributed by atoms with E-state index in [1.165, 1.54) is 0 Å². The highest BCUT2D eigenvalue weighted by molar-refractivity contribution is 7.99. The molecule has 8 heteroatoms. The van der Waals surface area contributed by atoms with Gasteiger partial charge in [-0.15, -0.1) is 10.2 Å². The number of hydrogen-bond donors (Lipinski definition) is 2. The number of ether oxygens (including phenoxy) is 1. The lowest BCUT2D eigenvalue weighted by Crippen LogP contribution is -2.24. The van der Waals surface area contributed by atoms with E-state index in [4.69, 9.17) is 9.84 Å². The number of aromatic nitrogens is 3. The predicted octanol–water partition coefficient (Wildman–Crippen LogP) is 2.26. The molecule has 0 saturated carbocycles. The van der Waals surface area contributed by atoms with Gasteiger partial charge < -0.3 is 15.2 Å². The lowest BCUT2D eigenvalue weighted by Gasteiger charge is -2.16. The lowest BCUT2D eigenvalue weighted by molar-refractivity contribution is -0.133. The minimum atomic E-state index is -0.928. The van der Waals surface area contributed by atoms with Gasteiger partial charge in [-0.3, -0.25) is 4.79 Å². The van der Waals surface area contributed by atoms with Crippen LogP contribution in [0.4, 0.5) is 5.69 Å². The van der Waals surface area contributed by atoms with Gasteiger partial charge in [0, 0.05) is 17.7 Å². The first-order chi connectivity index (χ1) is 10.7. The number of rotatable bonds is 4. The molecular weight excluding hydrogens is 304 g/mol. The number of nitrogens with one attached hydrogen (secondary N) is 1. The molecule has 0 fully saturated rings. The van der Waals surface area contributed by atoms with Crippen molar-refractivity contribution in [2.75, 3.05) is 11.1 Å². The molecule has 2 N–H and O–H groups in total. The van der Waals surface area contributed by atoms with Crippen LogP contribution in [0.3, 0.4) is 0 Å². The van der Waals surface area contributed by atoms with Crippen molar-refractivity contribution in [3.63, 3.8) is 0 Å². The summed E-state index contributed by atoms with van der Waals surface area (Å²) >= 11 is 1.01. The molecule has 22 heavy (non-hydrogen) atoms. The summed E-state index contributed by atoms with van der Waals surface area (Å²) < 4.78 is 5.85. The molecule has 114 valence electrons. The van der Waals surface area contributed by atoms with Gasteiger partial charge in [0.1, 0.15) is 0 Å². The highest BCUT2D eigenvalue weighted by Gasteiger charge is 2.23. The largest absolute Gasteiger partial charge is 0.481 e. The van der Waals surface area contributed by atoms with Crippen molar-refractivity contribution in [1.82, 2.24) is 15.2 Å². The second-order valence-electron chi connectivity index (χ2n) is 4.64. The molecule has 1 aromatic heterocycles. The van der Waals surface area contributed by atoms with Crippen LogP contribution in [0.2, 0.25) is 0 Å². The molecular formula is C14H14N4O3S. The average Bonchev–Trinajstić information content (AvgIpc) is 2.68. The number of carboxylic acid groups (broad SMARTS) is 1. The smallest absolute Gasteiger partial charge is 0.313 e. The Morgan fingerprint density at radius 3 is 3.00 bits per heavy atom. The summed E-state index contributed by atoms with van der Waals surface area (Å²) in [5.74, 6) is -0.679. The topological polar surface area (TPSA) is 97.2 Å². The van der Waals surface area contributed by atoms with Gasteiger partial charge in [-0.05, 0) is 6.07 Å². The first-order valence-electron chi connectivity index (χ1n) is 6.79. The number of fused-ring (bicyclic) bond motifs is 3. The molecule has 1 aromatic carbocycles. The van der Waals surface area contributed by atoms with Gasteiger partial charge in [0.05, 0.1) is 5.75 Å². The SMILES string of the molecule is CCC1Nc2ccccc2-c2nnc(SCC(=O)O)nc2O1. The number of thioether (sulfide) groups is 1. The fourth-order valence-electron chi connectivity index (χ4n) is 2.07. The number of para-hydroxylation sites is 1. The van der Waals surface area contributed by atoms with Crippen LogP contribution in [0.1, 0.15) is 13.3 Å². The number of carboxylic acids is 1. The number of nitrogens with zero attached hydrogens (tertiary/aromatic N) is 3. The summed E-state index contributed by atoms with van der Waals surface area (Å²) in [6.07, 6.45) is 0.520. The summed E-state index contributed by atoms with van der Waals surface area (Å²) in [7, 11) is 0. The quantitative estimate of drug-likeness (QED) is 0.829. The Hall–Kier alpha value is -2.35. The predicted molar refractivity (Wildman–Crippen MR) is 82.0 cm³/mol. The van der Waals surface area contributed by atoms with Crippen LogP contribution < -0.4 is 10.1 Å². The van der Waals surface area contributed by atoms with Crippen LogP contribution in [0.25, 0.3) is 11.3 Å². The maximum atomic E-state index is 10.6. The Morgan fingerprint density at radius 1 is 1.41 bits per heavy atom. The number of aliphatic carboxylic acids is 1. The molecule has 2 aromatic rings. The summed E-state index contributed by atoms with van der Waals surface area (Å²) in [6.45, 7) is 2.00. The van der Waals surface area contributed by atoms with Gasteiger partial charge in [0.2, 0.25) is 11.0 Å². The molecule has 0 amide bonds. The van der Waals surface area contributed by atoms with Gasteiger partial charge >= 0.3 is 5.97 Å². The van der Waals surface area contributed by atoms with Crippen molar-refractivity contribution in [3.8, 4) is 17.1 Å². The standard InChI is InChI=1S/C14H14N4O3S/c1-2-10-15-9-6-4-3-5-8(9)12-13(21-10)16-14(18-17-12)22-7-11(19)20/h3-6,10,15H,2,7H2,1H3,(H,19,20). The van der Waals surface area contributed by atoms with E-state index in [0.29, 0.717) is 11.6 Å². The monoisotopic (exact) mass is 318 g/mol. The molecule has 2 heterocycles. The maximum Gasteiger partial charge on any atom is 0.313 e. The Morgan fingerprint density at radius 2 is 2.23 bits per heavy atom. The highest BCUT2D eigenvalue weighted by atomic mass is 32.2. The normalized spacial score (nSPS) is 15.8. The first-order valence-corrected chi connectivity index (χ1v) is 7.78. The third kappa shape index (κ3) is 2.96.